The Hall–Kier alpha value is -1.19. The van der Waals surface area contributed by atoms with Crippen molar-refractivity contribution in [2.45, 2.75) is 23.6 Å². The number of aliphatic hydroxyl groups is 1. The van der Waals surface area contributed by atoms with Crippen LogP contribution in [0.4, 0.5) is 17.6 Å². The molecular weight excluding hydrogens is 302 g/mol. The van der Waals surface area contributed by atoms with E-state index in [2.05, 4.69) is 0 Å². The van der Waals surface area contributed by atoms with Crippen molar-refractivity contribution < 1.29 is 31.1 Å². The predicted octanol–water partition coefficient (Wildman–Crippen LogP) is 1.60. The molecular formula is C11H11F4NO3S. The second kappa shape index (κ2) is 4.97. The monoisotopic (exact) mass is 313 g/mol. The second-order valence-corrected chi connectivity index (χ2v) is 6.35. The molecule has 0 saturated carbocycles. The molecule has 0 aliphatic carbocycles. The van der Waals surface area contributed by atoms with Crippen LogP contribution in [0.25, 0.3) is 0 Å². The van der Waals surface area contributed by atoms with Crippen LogP contribution in [0.2, 0.25) is 0 Å². The lowest BCUT2D eigenvalue weighted by atomic mass is 10.2. The lowest BCUT2D eigenvalue weighted by Crippen LogP contribution is -2.31. The Labute approximate surface area is 112 Å². The van der Waals surface area contributed by atoms with Crippen LogP contribution >= 0.6 is 0 Å². The van der Waals surface area contributed by atoms with E-state index >= 15 is 0 Å². The van der Waals surface area contributed by atoms with Gasteiger partial charge >= 0.3 is 6.18 Å². The van der Waals surface area contributed by atoms with Crippen molar-refractivity contribution in [1.29, 1.82) is 0 Å². The molecule has 20 heavy (non-hydrogen) atoms. The number of aliphatic hydroxyl groups excluding tert-OH is 1. The third-order valence-electron chi connectivity index (χ3n) is 2.99. The molecule has 0 unspecified atom stereocenters. The highest BCUT2D eigenvalue weighted by Gasteiger charge is 2.41. The maximum atomic E-state index is 13.0. The quantitative estimate of drug-likeness (QED) is 0.844. The molecule has 1 fully saturated rings. The summed E-state index contributed by atoms with van der Waals surface area (Å²) in [6.45, 7) is -0.338. The van der Waals surface area contributed by atoms with Gasteiger partial charge < -0.3 is 5.11 Å². The number of nitrogens with zero attached hydrogens (tertiary/aromatic N) is 1. The van der Waals surface area contributed by atoms with Crippen LogP contribution in [0.5, 0.6) is 0 Å². The molecule has 0 bridgehead atoms. The highest BCUT2D eigenvalue weighted by Crippen LogP contribution is 2.36. The van der Waals surface area contributed by atoms with E-state index in [4.69, 9.17) is 0 Å². The summed E-state index contributed by atoms with van der Waals surface area (Å²) in [4.78, 5) is -1.000. The molecule has 4 nitrogen and oxygen atoms in total. The lowest BCUT2D eigenvalue weighted by Gasteiger charge is -2.19. The van der Waals surface area contributed by atoms with E-state index in [9.17, 15) is 31.1 Å². The van der Waals surface area contributed by atoms with E-state index < -0.39 is 38.6 Å². The first kappa shape index (κ1) is 15.2. The van der Waals surface area contributed by atoms with Gasteiger partial charge in [-0.25, -0.2) is 12.8 Å². The fourth-order valence-electron chi connectivity index (χ4n) is 2.02. The molecule has 2 rings (SSSR count). The van der Waals surface area contributed by atoms with Gasteiger partial charge in [0.2, 0.25) is 10.0 Å². The predicted molar refractivity (Wildman–Crippen MR) is 60.8 cm³/mol. The van der Waals surface area contributed by atoms with Crippen LogP contribution in [-0.2, 0) is 16.2 Å². The highest BCUT2D eigenvalue weighted by molar-refractivity contribution is 7.89. The fourth-order valence-corrected chi connectivity index (χ4v) is 3.70. The number of β-amino-alcohol motifs (C(OH)–C–C–N with tert-alkyl or cyclic N) is 1. The number of hydrogen-bond donors (Lipinski definition) is 1. The Kier molecular flexibility index (Phi) is 3.78. The topological polar surface area (TPSA) is 57.6 Å². The minimum Gasteiger partial charge on any atom is -0.392 e. The molecule has 1 saturated heterocycles. The van der Waals surface area contributed by atoms with Gasteiger partial charge in [-0.15, -0.1) is 0 Å². The second-order valence-electron chi connectivity index (χ2n) is 4.44. The molecule has 1 aliphatic heterocycles. The van der Waals surface area contributed by atoms with Gasteiger partial charge in [-0.05, 0) is 24.6 Å². The zero-order valence-electron chi connectivity index (χ0n) is 10.1. The normalized spacial score (nSPS) is 21.4. The van der Waals surface area contributed by atoms with E-state index in [1.54, 1.807) is 0 Å². The van der Waals surface area contributed by atoms with E-state index in [-0.39, 0.29) is 25.6 Å². The standard InChI is InChI=1S/C11H11F4NO3S/c12-7-1-2-10(9(5-7)11(13,14)15)20(18,19)16-4-3-8(17)6-16/h1-2,5,8,17H,3-4,6H2/t8-/m1/s1. The van der Waals surface area contributed by atoms with Crippen molar-refractivity contribution in [2.75, 3.05) is 13.1 Å². The van der Waals surface area contributed by atoms with Crippen LogP contribution in [-0.4, -0.2) is 37.0 Å². The summed E-state index contributed by atoms with van der Waals surface area (Å²) in [6.07, 6.45) is -5.73. The van der Waals surface area contributed by atoms with Crippen LogP contribution in [0.1, 0.15) is 12.0 Å². The van der Waals surface area contributed by atoms with Gasteiger partial charge in [-0.2, -0.15) is 17.5 Å². The maximum Gasteiger partial charge on any atom is 0.417 e. The Morgan fingerprint density at radius 1 is 1.30 bits per heavy atom. The van der Waals surface area contributed by atoms with Crippen molar-refractivity contribution in [3.8, 4) is 0 Å². The summed E-state index contributed by atoms with van der Waals surface area (Å²) in [7, 11) is -4.42. The summed E-state index contributed by atoms with van der Waals surface area (Å²) in [5.74, 6) is -1.17. The molecule has 1 aromatic rings. The Morgan fingerprint density at radius 3 is 2.45 bits per heavy atom. The zero-order chi connectivity index (χ0) is 15.1. The van der Waals surface area contributed by atoms with E-state index in [0.717, 1.165) is 4.31 Å². The molecule has 1 aromatic carbocycles. The van der Waals surface area contributed by atoms with Crippen molar-refractivity contribution in [2.24, 2.45) is 0 Å². The highest BCUT2D eigenvalue weighted by atomic mass is 32.2. The summed E-state index contributed by atoms with van der Waals surface area (Å²) >= 11 is 0. The number of hydrogen-bond acceptors (Lipinski definition) is 3. The van der Waals surface area contributed by atoms with Crippen LogP contribution < -0.4 is 0 Å². The third-order valence-corrected chi connectivity index (χ3v) is 4.91. The van der Waals surface area contributed by atoms with Crippen LogP contribution in [0, 0.1) is 5.82 Å². The van der Waals surface area contributed by atoms with Gasteiger partial charge in [0, 0.05) is 13.1 Å². The van der Waals surface area contributed by atoms with E-state index in [1.807, 2.05) is 0 Å². The zero-order valence-corrected chi connectivity index (χ0v) is 10.9. The number of alkyl halides is 3. The van der Waals surface area contributed by atoms with Crippen molar-refractivity contribution in [3.05, 3.63) is 29.6 Å². The molecule has 1 atom stereocenters. The average molecular weight is 313 g/mol. The van der Waals surface area contributed by atoms with Crippen molar-refractivity contribution >= 4 is 10.0 Å². The Balaban J connectivity index is 2.52. The van der Waals surface area contributed by atoms with Gasteiger partial charge in [0.25, 0.3) is 0 Å². The van der Waals surface area contributed by atoms with E-state index in [0.29, 0.717) is 12.1 Å². The first-order valence-electron chi connectivity index (χ1n) is 5.67. The van der Waals surface area contributed by atoms with E-state index in [1.165, 1.54) is 0 Å². The summed E-state index contributed by atoms with van der Waals surface area (Å²) in [5, 5.41) is 9.29. The third kappa shape index (κ3) is 2.79. The number of rotatable bonds is 2. The van der Waals surface area contributed by atoms with Gasteiger partial charge in [-0.3, -0.25) is 0 Å². The average Bonchev–Trinajstić information content (AvgIpc) is 2.75. The van der Waals surface area contributed by atoms with Crippen LogP contribution in [0.15, 0.2) is 23.1 Å². The minimum atomic E-state index is -4.98. The van der Waals surface area contributed by atoms with Crippen molar-refractivity contribution in [1.82, 2.24) is 4.31 Å². The fraction of sp³-hybridized carbons (Fsp3) is 0.455. The number of benzene rings is 1. The number of sulfonamides is 1. The molecule has 9 heteroatoms. The van der Waals surface area contributed by atoms with Crippen molar-refractivity contribution in [3.63, 3.8) is 0 Å². The minimum absolute atomic E-state index is 0.0713. The molecule has 0 aromatic heterocycles. The van der Waals surface area contributed by atoms with Gasteiger partial charge in [0.15, 0.2) is 0 Å². The number of halogens is 4. The molecule has 1 aliphatic rings. The molecule has 0 radical (unpaired) electrons. The Bertz CT molecular complexity index is 615. The summed E-state index contributed by atoms with van der Waals surface area (Å²) < 4.78 is 76.5. The smallest absolute Gasteiger partial charge is 0.392 e. The van der Waals surface area contributed by atoms with Gasteiger partial charge in [-0.1, -0.05) is 0 Å². The molecule has 0 spiro atoms. The summed E-state index contributed by atoms with van der Waals surface area (Å²) in [5.41, 5.74) is -1.54. The van der Waals surface area contributed by atoms with Crippen LogP contribution in [0.3, 0.4) is 0 Å². The largest absolute Gasteiger partial charge is 0.417 e. The lowest BCUT2D eigenvalue weighted by molar-refractivity contribution is -0.140. The maximum absolute atomic E-state index is 13.0. The van der Waals surface area contributed by atoms with Gasteiger partial charge in [0.05, 0.1) is 16.6 Å². The molecule has 112 valence electrons. The Morgan fingerprint density at radius 2 is 1.95 bits per heavy atom. The molecule has 1 N–H and O–H groups in total. The SMILES string of the molecule is O=S(=O)(c1ccc(F)cc1C(F)(F)F)N1CC[C@@H](O)C1. The molecule has 1 heterocycles. The van der Waals surface area contributed by atoms with Gasteiger partial charge in [0.1, 0.15) is 5.82 Å². The first-order chi connectivity index (χ1) is 9.12. The first-order valence-corrected chi connectivity index (χ1v) is 7.11. The molecule has 0 amide bonds. The summed E-state index contributed by atoms with van der Waals surface area (Å²) in [6, 6.07) is 1.41.